The summed E-state index contributed by atoms with van der Waals surface area (Å²) in [6.45, 7) is 15.6. The van der Waals surface area contributed by atoms with Crippen LogP contribution in [0.2, 0.25) is 0 Å². The van der Waals surface area contributed by atoms with Gasteiger partial charge in [0.1, 0.15) is 48.0 Å². The van der Waals surface area contributed by atoms with E-state index < -0.39 is 125 Å². The van der Waals surface area contributed by atoms with Gasteiger partial charge in [0.2, 0.25) is 41.2 Å². The van der Waals surface area contributed by atoms with E-state index in [1.807, 2.05) is 5.32 Å². The van der Waals surface area contributed by atoms with Crippen LogP contribution in [0.15, 0.2) is 0 Å². The Hall–Kier alpha value is -5.63. The molecule has 2 rings (SSSR count). The number of aliphatic carboxylic acids is 1. The number of carboxylic acids is 1. The van der Waals surface area contributed by atoms with Gasteiger partial charge in [-0.1, -0.05) is 46.5 Å². The first kappa shape index (κ1) is 58.5. The van der Waals surface area contributed by atoms with Gasteiger partial charge in [0.05, 0.1) is 6.04 Å². The second-order valence-corrected chi connectivity index (χ2v) is 20.0. The zero-order chi connectivity index (χ0) is 51.5. The lowest BCUT2D eigenvalue weighted by atomic mass is 9.82. The van der Waals surface area contributed by atoms with E-state index in [-0.39, 0.29) is 51.0 Å². The molecule has 1 aliphatic heterocycles. The summed E-state index contributed by atoms with van der Waals surface area (Å²) < 4.78 is 10.8. The number of Topliss-reactive ketones (excluding diaryl/α,β-unsaturated/α-hetero) is 1. The Morgan fingerprint density at radius 1 is 0.647 bits per heavy atom. The first-order valence-electron chi connectivity index (χ1n) is 23.9. The fourth-order valence-corrected chi connectivity index (χ4v) is 8.12. The highest BCUT2D eigenvalue weighted by Gasteiger charge is 2.42. The van der Waals surface area contributed by atoms with E-state index in [0.29, 0.717) is 32.1 Å². The number of likely N-dealkylation sites (tertiary alicyclic amines) is 1. The molecule has 1 saturated heterocycles. The van der Waals surface area contributed by atoms with Crippen molar-refractivity contribution >= 4 is 65.0 Å². The lowest BCUT2D eigenvalue weighted by molar-refractivity contribution is -0.156. The van der Waals surface area contributed by atoms with E-state index in [1.165, 1.54) is 11.8 Å². The van der Waals surface area contributed by atoms with Crippen molar-refractivity contribution in [2.75, 3.05) is 13.1 Å². The Labute approximate surface area is 399 Å². The molecule has 68 heavy (non-hydrogen) atoms. The van der Waals surface area contributed by atoms with Crippen LogP contribution in [0.4, 0.5) is 0 Å². The standard InChI is InChI=1S/C47H77N7O14/c1-11-17-30(39(60)44(65)48-26-34(56)57)50-42(63)33-20-15-16-25-54(33)45(66)38(29-18-13-12-14-19-29)53-43(64)37(27(2)3)52-41(62)32(22-24-36(59)68-47(8,9)10)51-40(61)31(49-28(4)55)21-23-35(58)67-46(5,6)7/h27,29-33,37-38H,11-26H2,1-10H3,(H,48,65)(H,49,55)(H,50,63)(H,51,61)(H,52,62)(H,53,64)(H,56,57)/t30?,31?,32?,33-,37?,38?/m0/s1. The highest BCUT2D eigenvalue weighted by molar-refractivity contribution is 6.38. The number of ketones is 1. The molecule has 1 heterocycles. The van der Waals surface area contributed by atoms with Crippen LogP contribution in [-0.4, -0.2) is 136 Å². The lowest BCUT2D eigenvalue weighted by Crippen LogP contribution is -2.63. The number of carboxylic acid groups (broad SMARTS) is 1. The number of carbonyl (C=O) groups excluding carboxylic acids is 10. The normalized spacial score (nSPS) is 17.8. The van der Waals surface area contributed by atoms with Crippen molar-refractivity contribution < 1.29 is 67.3 Å². The van der Waals surface area contributed by atoms with Gasteiger partial charge in [0.25, 0.3) is 5.91 Å². The third kappa shape index (κ3) is 20.7. The van der Waals surface area contributed by atoms with Gasteiger partial charge in [-0.2, -0.15) is 0 Å². The maximum Gasteiger partial charge on any atom is 0.322 e. The molecule has 0 bridgehead atoms. The summed E-state index contributed by atoms with van der Waals surface area (Å²) in [6, 6.07) is -7.49. The molecule has 2 aliphatic rings. The molecule has 0 radical (unpaired) electrons. The molecule has 1 aliphatic carbocycles. The summed E-state index contributed by atoms with van der Waals surface area (Å²) in [5.41, 5.74) is -1.67. The van der Waals surface area contributed by atoms with Gasteiger partial charge in [-0.15, -0.1) is 0 Å². The number of nitrogens with one attached hydrogen (secondary N) is 6. The molecular weight excluding hydrogens is 887 g/mol. The molecule has 0 aromatic rings. The molecule has 0 aromatic heterocycles. The molecule has 2 fully saturated rings. The fraction of sp³-hybridized carbons (Fsp3) is 0.766. The Morgan fingerprint density at radius 2 is 1.18 bits per heavy atom. The molecular formula is C47H77N7O14. The average molecular weight is 964 g/mol. The average Bonchev–Trinajstić information content (AvgIpc) is 3.24. The van der Waals surface area contributed by atoms with Crippen LogP contribution in [0.5, 0.6) is 0 Å². The number of hydrogen-bond donors (Lipinski definition) is 7. The van der Waals surface area contributed by atoms with E-state index in [0.717, 1.165) is 19.3 Å². The van der Waals surface area contributed by atoms with Crippen molar-refractivity contribution in [2.24, 2.45) is 11.8 Å². The van der Waals surface area contributed by atoms with Crippen molar-refractivity contribution in [3.8, 4) is 0 Å². The van der Waals surface area contributed by atoms with Gasteiger partial charge in [0, 0.05) is 26.3 Å². The number of nitrogens with zero attached hydrogens (tertiary/aromatic N) is 1. The molecule has 1 saturated carbocycles. The highest BCUT2D eigenvalue weighted by Crippen LogP contribution is 2.30. The largest absolute Gasteiger partial charge is 0.480 e. The van der Waals surface area contributed by atoms with Gasteiger partial charge < -0.3 is 51.4 Å². The molecule has 21 heteroatoms. The van der Waals surface area contributed by atoms with E-state index in [9.17, 15) is 52.7 Å². The maximum absolute atomic E-state index is 14.8. The molecule has 7 amide bonds. The van der Waals surface area contributed by atoms with Crippen molar-refractivity contribution in [2.45, 2.75) is 207 Å². The second kappa shape index (κ2) is 27.4. The number of carbonyl (C=O) groups is 11. The molecule has 21 nitrogen and oxygen atoms in total. The maximum atomic E-state index is 14.8. The lowest BCUT2D eigenvalue weighted by Gasteiger charge is -2.40. The minimum Gasteiger partial charge on any atom is -0.480 e. The van der Waals surface area contributed by atoms with Gasteiger partial charge in [0.15, 0.2) is 0 Å². The highest BCUT2D eigenvalue weighted by atomic mass is 16.6. The van der Waals surface area contributed by atoms with Crippen LogP contribution in [-0.2, 0) is 62.2 Å². The predicted molar refractivity (Wildman–Crippen MR) is 247 cm³/mol. The van der Waals surface area contributed by atoms with E-state index >= 15 is 0 Å². The topological polar surface area (TPSA) is 302 Å². The summed E-state index contributed by atoms with van der Waals surface area (Å²) in [4.78, 5) is 147. The molecule has 0 aromatic carbocycles. The monoisotopic (exact) mass is 964 g/mol. The first-order chi connectivity index (χ1) is 31.6. The third-order valence-electron chi connectivity index (χ3n) is 11.3. The quantitative estimate of drug-likeness (QED) is 0.0537. The van der Waals surface area contributed by atoms with Gasteiger partial charge in [-0.05, 0) is 105 Å². The van der Waals surface area contributed by atoms with Crippen LogP contribution >= 0.6 is 0 Å². The molecule has 5 unspecified atom stereocenters. The Kier molecular flexibility index (Phi) is 23.6. The Balaban J connectivity index is 2.44. The zero-order valence-corrected chi connectivity index (χ0v) is 41.6. The van der Waals surface area contributed by atoms with Crippen LogP contribution in [0.25, 0.3) is 0 Å². The minimum atomic E-state index is -1.45. The smallest absolute Gasteiger partial charge is 0.322 e. The number of piperidine rings is 1. The zero-order valence-electron chi connectivity index (χ0n) is 41.6. The van der Waals surface area contributed by atoms with Crippen LogP contribution in [0.3, 0.4) is 0 Å². The minimum absolute atomic E-state index is 0.0737. The number of amides is 7. The van der Waals surface area contributed by atoms with Gasteiger partial charge in [-0.3, -0.25) is 52.7 Å². The Bertz CT molecular complexity index is 1820. The SMILES string of the molecule is CCCC(NC(=O)[C@@H]1CCCCN1C(=O)C(NC(=O)C(NC(=O)C(CCC(=O)OC(C)(C)C)NC(=O)C(CCC(=O)OC(C)(C)C)NC(C)=O)C(C)C)C1CCCCC1)C(=O)C(=O)NCC(=O)O. The number of rotatable bonds is 24. The summed E-state index contributed by atoms with van der Waals surface area (Å²) in [5, 5.41) is 24.3. The van der Waals surface area contributed by atoms with E-state index in [2.05, 4.69) is 26.6 Å². The van der Waals surface area contributed by atoms with Crippen molar-refractivity contribution in [1.29, 1.82) is 0 Å². The summed E-state index contributed by atoms with van der Waals surface area (Å²) in [7, 11) is 0. The summed E-state index contributed by atoms with van der Waals surface area (Å²) >= 11 is 0. The molecule has 384 valence electrons. The van der Waals surface area contributed by atoms with Gasteiger partial charge in [-0.25, -0.2) is 0 Å². The van der Waals surface area contributed by atoms with Crippen LogP contribution in [0, 0.1) is 11.8 Å². The second-order valence-electron chi connectivity index (χ2n) is 20.0. The van der Waals surface area contributed by atoms with Crippen LogP contribution < -0.4 is 31.9 Å². The number of esters is 2. The van der Waals surface area contributed by atoms with Crippen molar-refractivity contribution in [1.82, 2.24) is 36.8 Å². The van der Waals surface area contributed by atoms with Crippen molar-refractivity contribution in [3.05, 3.63) is 0 Å². The third-order valence-corrected chi connectivity index (χ3v) is 11.3. The molecule has 0 spiro atoms. The molecule has 6 atom stereocenters. The number of hydrogen-bond acceptors (Lipinski definition) is 13. The first-order valence-corrected chi connectivity index (χ1v) is 23.9. The van der Waals surface area contributed by atoms with Crippen LogP contribution in [0.1, 0.15) is 159 Å². The number of ether oxygens (including phenoxy) is 2. The van der Waals surface area contributed by atoms with Gasteiger partial charge >= 0.3 is 17.9 Å². The molecule has 7 N–H and O–H groups in total. The summed E-state index contributed by atoms with van der Waals surface area (Å²) in [5.74, 6) is -9.98. The Morgan fingerprint density at radius 3 is 1.68 bits per heavy atom. The predicted octanol–water partition coefficient (Wildman–Crippen LogP) is 1.86. The van der Waals surface area contributed by atoms with E-state index in [4.69, 9.17) is 14.6 Å². The fourth-order valence-electron chi connectivity index (χ4n) is 8.12. The summed E-state index contributed by atoms with van der Waals surface area (Å²) in [6.07, 6.45) is 4.40. The van der Waals surface area contributed by atoms with E-state index in [1.54, 1.807) is 62.3 Å². The van der Waals surface area contributed by atoms with Crippen molar-refractivity contribution in [3.63, 3.8) is 0 Å².